The minimum absolute atomic E-state index is 0.112. The molecule has 0 saturated heterocycles. The van der Waals surface area contributed by atoms with Crippen LogP contribution in [0.3, 0.4) is 0 Å². The lowest BCUT2D eigenvalue weighted by Crippen LogP contribution is -2.20. The number of rotatable bonds is 5. The number of anilines is 1. The second kappa shape index (κ2) is 7.82. The second-order valence-electron chi connectivity index (χ2n) is 6.46. The Morgan fingerprint density at radius 3 is 2.46 bits per heavy atom. The van der Waals surface area contributed by atoms with Gasteiger partial charge in [0.15, 0.2) is 0 Å². The summed E-state index contributed by atoms with van der Waals surface area (Å²) in [5.74, 6) is 0.244. The zero-order chi connectivity index (χ0) is 19.5. The van der Waals surface area contributed by atoms with Crippen molar-refractivity contribution in [2.45, 2.75) is 13.0 Å². The number of benzene rings is 3. The average molecular weight is 394 g/mol. The van der Waals surface area contributed by atoms with Crippen molar-refractivity contribution in [3.05, 3.63) is 95.0 Å². The van der Waals surface area contributed by atoms with Crippen molar-refractivity contribution in [3.8, 4) is 0 Å². The van der Waals surface area contributed by atoms with Gasteiger partial charge in [-0.1, -0.05) is 35.9 Å². The third-order valence-electron chi connectivity index (χ3n) is 4.44. The predicted molar refractivity (Wildman–Crippen MR) is 109 cm³/mol. The van der Waals surface area contributed by atoms with Gasteiger partial charge in [-0.15, -0.1) is 0 Å². The maximum Gasteiger partial charge on any atom is 0.244 e. The number of hydrogen-bond donors (Lipinski definition) is 1. The quantitative estimate of drug-likeness (QED) is 0.515. The number of aromatic nitrogens is 2. The molecule has 4 nitrogen and oxygen atoms in total. The minimum Gasteiger partial charge on any atom is -0.325 e. The van der Waals surface area contributed by atoms with E-state index in [2.05, 4.69) is 5.32 Å². The van der Waals surface area contributed by atoms with Crippen molar-refractivity contribution < 1.29 is 9.18 Å². The van der Waals surface area contributed by atoms with Gasteiger partial charge in [-0.25, -0.2) is 9.37 Å². The molecule has 1 N–H and O–H groups in total. The first-order valence-electron chi connectivity index (χ1n) is 8.82. The number of carbonyl (C=O) groups is 1. The molecule has 3 aromatic carbocycles. The summed E-state index contributed by atoms with van der Waals surface area (Å²) >= 11 is 5.97. The highest BCUT2D eigenvalue weighted by Crippen LogP contribution is 2.20. The van der Waals surface area contributed by atoms with Gasteiger partial charge in [0.1, 0.15) is 18.2 Å². The molecule has 0 bridgehead atoms. The van der Waals surface area contributed by atoms with Gasteiger partial charge in [-0.05, 0) is 54.1 Å². The number of nitrogens with one attached hydrogen (secondary N) is 1. The standard InChI is InChI=1S/C22H17ClFN3O/c23-16-7-5-15(6-8-16)13-21-26-19-3-1-2-4-20(19)27(21)14-22(28)25-18-11-9-17(24)10-12-18/h1-12H,13-14H2,(H,25,28). The van der Waals surface area contributed by atoms with E-state index in [0.717, 1.165) is 22.4 Å². The molecule has 0 atom stereocenters. The highest BCUT2D eigenvalue weighted by molar-refractivity contribution is 6.30. The van der Waals surface area contributed by atoms with Gasteiger partial charge in [0, 0.05) is 17.1 Å². The van der Waals surface area contributed by atoms with Crippen LogP contribution >= 0.6 is 11.6 Å². The van der Waals surface area contributed by atoms with Gasteiger partial charge in [-0.2, -0.15) is 0 Å². The fraction of sp³-hybridized carbons (Fsp3) is 0.0909. The molecule has 0 unspecified atom stereocenters. The highest BCUT2D eigenvalue weighted by atomic mass is 35.5. The van der Waals surface area contributed by atoms with Crippen molar-refractivity contribution >= 4 is 34.2 Å². The summed E-state index contributed by atoms with van der Waals surface area (Å²) in [4.78, 5) is 17.3. The van der Waals surface area contributed by atoms with E-state index in [9.17, 15) is 9.18 Å². The molecule has 0 spiro atoms. The Balaban J connectivity index is 1.61. The smallest absolute Gasteiger partial charge is 0.244 e. The van der Waals surface area contributed by atoms with Crippen LogP contribution in [0.4, 0.5) is 10.1 Å². The molecular formula is C22H17ClFN3O. The molecule has 6 heteroatoms. The molecule has 28 heavy (non-hydrogen) atoms. The lowest BCUT2D eigenvalue weighted by Gasteiger charge is -2.10. The van der Waals surface area contributed by atoms with Crippen molar-refractivity contribution in [1.29, 1.82) is 0 Å². The maximum atomic E-state index is 13.1. The summed E-state index contributed by atoms with van der Waals surface area (Å²) in [6, 6.07) is 21.0. The second-order valence-corrected chi connectivity index (χ2v) is 6.90. The molecule has 0 aliphatic heterocycles. The SMILES string of the molecule is O=C(Cn1c(Cc2ccc(Cl)cc2)nc2ccccc21)Nc1ccc(F)cc1. The fourth-order valence-corrected chi connectivity index (χ4v) is 3.22. The number of para-hydroxylation sites is 2. The lowest BCUT2D eigenvalue weighted by atomic mass is 10.1. The summed E-state index contributed by atoms with van der Waals surface area (Å²) in [5, 5.41) is 3.48. The van der Waals surface area contributed by atoms with Crippen LogP contribution in [-0.4, -0.2) is 15.5 Å². The van der Waals surface area contributed by atoms with E-state index in [1.807, 2.05) is 53.1 Å². The van der Waals surface area contributed by atoms with Gasteiger partial charge in [0.05, 0.1) is 11.0 Å². The van der Waals surface area contributed by atoms with Gasteiger partial charge < -0.3 is 9.88 Å². The Morgan fingerprint density at radius 2 is 1.71 bits per heavy atom. The Kier molecular flexibility index (Phi) is 5.08. The first kappa shape index (κ1) is 18.2. The Bertz CT molecular complexity index is 1120. The Labute approximate surface area is 166 Å². The van der Waals surface area contributed by atoms with Crippen LogP contribution in [0.2, 0.25) is 5.02 Å². The van der Waals surface area contributed by atoms with E-state index >= 15 is 0 Å². The summed E-state index contributed by atoms with van der Waals surface area (Å²) < 4.78 is 15.0. The zero-order valence-electron chi connectivity index (χ0n) is 14.9. The Hall–Kier alpha value is -3.18. The molecule has 0 aliphatic rings. The molecule has 1 aromatic heterocycles. The first-order chi connectivity index (χ1) is 13.6. The topological polar surface area (TPSA) is 46.9 Å². The third-order valence-corrected chi connectivity index (χ3v) is 4.69. The fourth-order valence-electron chi connectivity index (χ4n) is 3.10. The van der Waals surface area contributed by atoms with E-state index in [1.165, 1.54) is 24.3 Å². The van der Waals surface area contributed by atoms with Crippen LogP contribution in [0, 0.1) is 5.82 Å². The molecular weight excluding hydrogens is 377 g/mol. The van der Waals surface area contributed by atoms with Crippen molar-refractivity contribution in [2.75, 3.05) is 5.32 Å². The summed E-state index contributed by atoms with van der Waals surface area (Å²) in [5.41, 5.74) is 3.33. The van der Waals surface area contributed by atoms with Gasteiger partial charge in [0.25, 0.3) is 0 Å². The van der Waals surface area contributed by atoms with Crippen LogP contribution in [0.25, 0.3) is 11.0 Å². The molecule has 140 valence electrons. The molecule has 1 heterocycles. The largest absolute Gasteiger partial charge is 0.325 e. The monoisotopic (exact) mass is 393 g/mol. The number of imidazole rings is 1. The molecule has 0 fully saturated rings. The van der Waals surface area contributed by atoms with Gasteiger partial charge >= 0.3 is 0 Å². The lowest BCUT2D eigenvalue weighted by molar-refractivity contribution is -0.116. The highest BCUT2D eigenvalue weighted by Gasteiger charge is 2.14. The zero-order valence-corrected chi connectivity index (χ0v) is 15.7. The number of fused-ring (bicyclic) bond motifs is 1. The summed E-state index contributed by atoms with van der Waals surface area (Å²) in [6.07, 6.45) is 0.579. The molecule has 0 saturated carbocycles. The van der Waals surface area contributed by atoms with Crippen molar-refractivity contribution in [2.24, 2.45) is 0 Å². The molecule has 0 radical (unpaired) electrons. The number of carbonyl (C=O) groups excluding carboxylic acids is 1. The number of amides is 1. The van der Waals surface area contributed by atoms with Crippen LogP contribution in [0.15, 0.2) is 72.8 Å². The van der Waals surface area contributed by atoms with Crippen LogP contribution in [0.1, 0.15) is 11.4 Å². The number of halogens is 2. The molecule has 1 amide bonds. The molecule has 0 aliphatic carbocycles. The molecule has 4 aromatic rings. The number of hydrogen-bond acceptors (Lipinski definition) is 2. The normalized spacial score (nSPS) is 10.9. The van der Waals surface area contributed by atoms with E-state index in [0.29, 0.717) is 17.1 Å². The van der Waals surface area contributed by atoms with Crippen LogP contribution in [-0.2, 0) is 17.8 Å². The maximum absolute atomic E-state index is 13.1. The minimum atomic E-state index is -0.344. The van der Waals surface area contributed by atoms with E-state index in [1.54, 1.807) is 0 Å². The first-order valence-corrected chi connectivity index (χ1v) is 9.20. The molecule has 4 rings (SSSR count). The van der Waals surface area contributed by atoms with Gasteiger partial charge in [0.2, 0.25) is 5.91 Å². The van der Waals surface area contributed by atoms with Crippen molar-refractivity contribution in [1.82, 2.24) is 9.55 Å². The summed E-state index contributed by atoms with van der Waals surface area (Å²) in [7, 11) is 0. The van der Waals surface area contributed by atoms with Crippen molar-refractivity contribution in [3.63, 3.8) is 0 Å². The van der Waals surface area contributed by atoms with Crippen LogP contribution in [0.5, 0.6) is 0 Å². The van der Waals surface area contributed by atoms with Crippen LogP contribution < -0.4 is 5.32 Å². The number of nitrogens with zero attached hydrogens (tertiary/aromatic N) is 2. The van der Waals surface area contributed by atoms with E-state index in [4.69, 9.17) is 16.6 Å². The predicted octanol–water partition coefficient (Wildman–Crippen LogP) is 5.06. The Morgan fingerprint density at radius 1 is 1.00 bits per heavy atom. The summed E-state index contributed by atoms with van der Waals surface area (Å²) in [6.45, 7) is 0.112. The van der Waals surface area contributed by atoms with E-state index < -0.39 is 0 Å². The van der Waals surface area contributed by atoms with E-state index in [-0.39, 0.29) is 18.3 Å². The average Bonchev–Trinajstić information content (AvgIpc) is 3.02. The third kappa shape index (κ3) is 4.05. The van der Waals surface area contributed by atoms with Gasteiger partial charge in [-0.3, -0.25) is 4.79 Å².